The smallest absolute Gasteiger partial charge is 0.271 e. The van der Waals surface area contributed by atoms with Crippen molar-refractivity contribution in [3.63, 3.8) is 0 Å². The number of carbonyl (C=O) groups is 2. The summed E-state index contributed by atoms with van der Waals surface area (Å²) in [5.74, 6) is 0.712. The lowest BCUT2D eigenvalue weighted by Gasteiger charge is -2.45. The fraction of sp³-hybridized carbons (Fsp3) is 0.619. The van der Waals surface area contributed by atoms with Gasteiger partial charge in [-0.1, -0.05) is 13.8 Å². The van der Waals surface area contributed by atoms with E-state index in [-0.39, 0.29) is 17.9 Å². The van der Waals surface area contributed by atoms with E-state index in [1.807, 2.05) is 29.0 Å². The van der Waals surface area contributed by atoms with Crippen molar-refractivity contribution >= 4 is 33.4 Å². The summed E-state index contributed by atoms with van der Waals surface area (Å²) in [6.07, 6.45) is 5.24. The zero-order chi connectivity index (χ0) is 19.2. The second-order valence-corrected chi connectivity index (χ2v) is 9.39. The van der Waals surface area contributed by atoms with Crippen LogP contribution in [0.15, 0.2) is 17.5 Å². The van der Waals surface area contributed by atoms with Crippen molar-refractivity contribution < 1.29 is 9.59 Å². The molecule has 0 bridgehead atoms. The van der Waals surface area contributed by atoms with Crippen molar-refractivity contribution in [1.82, 2.24) is 14.8 Å². The monoisotopic (exact) mass is 387 g/mol. The fourth-order valence-corrected chi connectivity index (χ4v) is 5.41. The zero-order valence-corrected chi connectivity index (χ0v) is 17.3. The average molecular weight is 388 g/mol. The lowest BCUT2D eigenvalue weighted by Crippen LogP contribution is -2.65. The number of fused-ring (bicyclic) bond motifs is 3. The van der Waals surface area contributed by atoms with Gasteiger partial charge in [0.1, 0.15) is 11.2 Å². The maximum absolute atomic E-state index is 13.4. The first-order valence-corrected chi connectivity index (χ1v) is 11.0. The highest BCUT2D eigenvalue weighted by molar-refractivity contribution is 7.17. The van der Waals surface area contributed by atoms with Crippen LogP contribution in [-0.4, -0.2) is 39.4 Å². The van der Waals surface area contributed by atoms with Crippen LogP contribution in [0.2, 0.25) is 0 Å². The van der Waals surface area contributed by atoms with E-state index in [0.717, 1.165) is 48.2 Å². The molecule has 0 saturated heterocycles. The Morgan fingerprint density at radius 2 is 2.07 bits per heavy atom. The molecule has 27 heavy (non-hydrogen) atoms. The van der Waals surface area contributed by atoms with Gasteiger partial charge in [0.15, 0.2) is 0 Å². The summed E-state index contributed by atoms with van der Waals surface area (Å²) in [5, 5.41) is 5.32. The van der Waals surface area contributed by atoms with Crippen LogP contribution in [0.25, 0.3) is 10.2 Å². The predicted molar refractivity (Wildman–Crippen MR) is 109 cm³/mol. The number of rotatable bonds is 4. The van der Waals surface area contributed by atoms with Gasteiger partial charge in [-0.05, 0) is 62.5 Å². The number of thiophene rings is 1. The Morgan fingerprint density at radius 3 is 2.78 bits per heavy atom. The summed E-state index contributed by atoms with van der Waals surface area (Å²) in [6, 6.07) is 4.26. The summed E-state index contributed by atoms with van der Waals surface area (Å²) in [7, 11) is 0. The largest absolute Gasteiger partial charge is 0.351 e. The van der Waals surface area contributed by atoms with Gasteiger partial charge in [0.2, 0.25) is 5.91 Å². The van der Waals surface area contributed by atoms with Crippen molar-refractivity contribution in [2.75, 3.05) is 6.54 Å². The van der Waals surface area contributed by atoms with E-state index in [4.69, 9.17) is 0 Å². The van der Waals surface area contributed by atoms with Gasteiger partial charge in [0, 0.05) is 12.6 Å². The molecule has 6 heteroatoms. The Bertz CT molecular complexity index is 862. The first kappa shape index (κ1) is 18.5. The molecule has 2 aliphatic rings. The highest BCUT2D eigenvalue weighted by atomic mass is 32.1. The van der Waals surface area contributed by atoms with Gasteiger partial charge in [0.25, 0.3) is 5.91 Å². The highest BCUT2D eigenvalue weighted by Crippen LogP contribution is 2.35. The van der Waals surface area contributed by atoms with Crippen LogP contribution in [0, 0.1) is 5.92 Å². The minimum atomic E-state index is -0.850. The lowest BCUT2D eigenvalue weighted by molar-refractivity contribution is -0.133. The molecule has 4 rings (SSSR count). The molecule has 1 fully saturated rings. The van der Waals surface area contributed by atoms with Gasteiger partial charge >= 0.3 is 0 Å². The molecule has 0 radical (unpaired) electrons. The van der Waals surface area contributed by atoms with E-state index in [1.54, 1.807) is 16.2 Å². The Kier molecular flexibility index (Phi) is 4.78. The van der Waals surface area contributed by atoms with Crippen LogP contribution in [0.5, 0.6) is 0 Å². The van der Waals surface area contributed by atoms with Crippen molar-refractivity contribution in [2.45, 2.75) is 71.0 Å². The van der Waals surface area contributed by atoms with Crippen molar-refractivity contribution in [3.8, 4) is 0 Å². The first-order valence-electron chi connectivity index (χ1n) is 10.1. The molecule has 2 aromatic heterocycles. The summed E-state index contributed by atoms with van der Waals surface area (Å²) in [4.78, 5) is 28.4. The van der Waals surface area contributed by atoms with Gasteiger partial charge in [-0.25, -0.2) is 0 Å². The molecular weight excluding hydrogens is 358 g/mol. The molecule has 3 heterocycles. The number of hydrogen-bond acceptors (Lipinski definition) is 3. The summed E-state index contributed by atoms with van der Waals surface area (Å²) in [6.45, 7) is 7.39. The summed E-state index contributed by atoms with van der Waals surface area (Å²) < 4.78 is 3.16. The molecule has 0 spiro atoms. The molecule has 2 aromatic rings. The van der Waals surface area contributed by atoms with E-state index in [0.29, 0.717) is 18.8 Å². The van der Waals surface area contributed by atoms with E-state index in [1.165, 1.54) is 0 Å². The Morgan fingerprint density at radius 1 is 1.33 bits per heavy atom. The second kappa shape index (κ2) is 6.97. The van der Waals surface area contributed by atoms with Crippen molar-refractivity contribution in [2.24, 2.45) is 5.92 Å². The Labute approximate surface area is 164 Å². The van der Waals surface area contributed by atoms with E-state index < -0.39 is 5.54 Å². The van der Waals surface area contributed by atoms with E-state index in [2.05, 4.69) is 19.2 Å². The molecule has 1 aliphatic heterocycles. The lowest BCUT2D eigenvalue weighted by atomic mass is 9.86. The fourth-order valence-electron chi connectivity index (χ4n) is 4.59. The molecule has 5 nitrogen and oxygen atoms in total. The van der Waals surface area contributed by atoms with Gasteiger partial charge in [0.05, 0.1) is 16.8 Å². The molecule has 1 saturated carbocycles. The number of hydrogen-bond donors (Lipinski definition) is 1. The van der Waals surface area contributed by atoms with Crippen molar-refractivity contribution in [3.05, 3.63) is 23.2 Å². The molecule has 1 N–H and O–H groups in total. The number of aromatic nitrogens is 1. The van der Waals surface area contributed by atoms with E-state index in [9.17, 15) is 9.59 Å². The van der Waals surface area contributed by atoms with E-state index >= 15 is 0 Å². The number of carbonyl (C=O) groups excluding carboxylic acids is 2. The van der Waals surface area contributed by atoms with Crippen LogP contribution in [-0.2, 0) is 11.3 Å². The summed E-state index contributed by atoms with van der Waals surface area (Å²) in [5.41, 5.74) is 0.920. The molecular formula is C21H29N3O2S. The van der Waals surface area contributed by atoms with Gasteiger partial charge in [-0.2, -0.15) is 0 Å². The van der Waals surface area contributed by atoms with Crippen LogP contribution >= 0.6 is 11.3 Å². The average Bonchev–Trinajstić information content (AvgIpc) is 3.23. The minimum absolute atomic E-state index is 0.00779. The third-order valence-corrected chi connectivity index (χ3v) is 7.19. The third-order valence-electron chi connectivity index (χ3n) is 6.34. The third kappa shape index (κ3) is 3.08. The van der Waals surface area contributed by atoms with Crippen LogP contribution in [0.3, 0.4) is 0 Å². The van der Waals surface area contributed by atoms with Crippen LogP contribution in [0.4, 0.5) is 0 Å². The molecule has 146 valence electrons. The molecule has 0 unspecified atom stereocenters. The normalized spacial score (nSPS) is 28.4. The number of nitrogens with one attached hydrogen (secondary N) is 1. The molecule has 0 aromatic carbocycles. The summed E-state index contributed by atoms with van der Waals surface area (Å²) >= 11 is 1.64. The van der Waals surface area contributed by atoms with Crippen LogP contribution < -0.4 is 5.32 Å². The SMILES string of the molecule is CCCN1C(=O)c2cc3sccc3n2C[C@]1(C)C(=O)NC1CCC(C)CC1. The van der Waals surface area contributed by atoms with Crippen LogP contribution in [0.1, 0.15) is 63.4 Å². The second-order valence-electron chi connectivity index (χ2n) is 8.45. The Hall–Kier alpha value is -1.82. The maximum Gasteiger partial charge on any atom is 0.271 e. The molecule has 1 aliphatic carbocycles. The van der Waals surface area contributed by atoms with Gasteiger partial charge < -0.3 is 14.8 Å². The molecule has 2 amide bonds. The van der Waals surface area contributed by atoms with Crippen molar-refractivity contribution in [1.29, 1.82) is 0 Å². The Balaban J connectivity index is 1.65. The molecule has 1 atom stereocenters. The topological polar surface area (TPSA) is 54.3 Å². The van der Waals surface area contributed by atoms with Gasteiger partial charge in [-0.3, -0.25) is 9.59 Å². The zero-order valence-electron chi connectivity index (χ0n) is 16.5. The first-order chi connectivity index (χ1) is 12.9. The van der Waals surface area contributed by atoms with Gasteiger partial charge in [-0.15, -0.1) is 11.3 Å². The predicted octanol–water partition coefficient (Wildman–Crippen LogP) is 4.02. The highest BCUT2D eigenvalue weighted by Gasteiger charge is 2.47. The maximum atomic E-state index is 13.4. The number of nitrogens with zero attached hydrogens (tertiary/aromatic N) is 2. The minimum Gasteiger partial charge on any atom is -0.351 e. The number of amides is 2. The standard InChI is InChI=1S/C21H29N3O2S/c1-4-10-24-19(25)17-12-18-16(9-11-27-18)23(17)13-21(24,3)20(26)22-15-7-5-14(2)6-8-15/h9,11-12,14-15H,4-8,10,13H2,1-3H3,(H,22,26)/t14?,15?,21-/m1/s1. The quantitative estimate of drug-likeness (QED) is 0.861.